The van der Waals surface area contributed by atoms with Crippen molar-refractivity contribution in [2.75, 3.05) is 6.54 Å². The third kappa shape index (κ3) is 31.2. The molecule has 0 fully saturated rings. The zero-order valence-corrected chi connectivity index (χ0v) is 30.0. The fourth-order valence-corrected chi connectivity index (χ4v) is 4.68. The Balaban J connectivity index is 4.38. The van der Waals surface area contributed by atoms with Crippen LogP contribution in [0.25, 0.3) is 0 Å². The maximum Gasteiger partial charge on any atom is 0.326 e. The van der Waals surface area contributed by atoms with Gasteiger partial charge in [0, 0.05) is 12.8 Å². The van der Waals surface area contributed by atoms with Crippen LogP contribution in [0.4, 0.5) is 0 Å². The van der Waals surface area contributed by atoms with Crippen LogP contribution in [0.15, 0.2) is 85.1 Å². The minimum atomic E-state index is -1.03. The van der Waals surface area contributed by atoms with Gasteiger partial charge in [-0.05, 0) is 103 Å². The number of aliphatic carboxylic acids is 1. The topological polar surface area (TPSA) is 119 Å². The fraction of sp³-hybridized carbons (Fsp3) is 0.585. The van der Waals surface area contributed by atoms with E-state index in [4.69, 9.17) is 10.5 Å². The number of rotatable bonds is 31. The van der Waals surface area contributed by atoms with Crippen molar-refractivity contribution in [1.82, 2.24) is 5.32 Å². The number of hydrogen-bond donors (Lipinski definition) is 3. The lowest BCUT2D eigenvalue weighted by atomic mass is 10.1. The van der Waals surface area contributed by atoms with E-state index in [2.05, 4.69) is 98.2 Å². The van der Waals surface area contributed by atoms with Gasteiger partial charge < -0.3 is 20.9 Å². The van der Waals surface area contributed by atoms with E-state index >= 15 is 0 Å². The number of allylic oxidation sites excluding steroid dienone is 13. The number of amides is 1. The van der Waals surface area contributed by atoms with Gasteiger partial charge in [-0.25, -0.2) is 4.79 Å². The summed E-state index contributed by atoms with van der Waals surface area (Å²) >= 11 is 0. The van der Waals surface area contributed by atoms with Crippen LogP contribution in [0.1, 0.15) is 136 Å². The SMILES string of the molecule is CC/C=C\C/C=C\C/C=C\C/C=C\C/C=C\CCCC(=O)OC(/C=C\C/C=C\CCC)CCCCCCC(=O)NC(CCCN)C(=O)O. The average molecular weight is 667 g/mol. The van der Waals surface area contributed by atoms with E-state index in [1.165, 1.54) is 0 Å². The van der Waals surface area contributed by atoms with Gasteiger partial charge >= 0.3 is 11.9 Å². The normalized spacial score (nSPS) is 13.7. The Labute approximate surface area is 292 Å². The number of unbranched alkanes of at least 4 members (excludes halogenated alkanes) is 5. The fourth-order valence-electron chi connectivity index (χ4n) is 4.68. The predicted octanol–water partition coefficient (Wildman–Crippen LogP) is 9.77. The molecule has 4 N–H and O–H groups in total. The van der Waals surface area contributed by atoms with Crippen molar-refractivity contribution < 1.29 is 24.2 Å². The van der Waals surface area contributed by atoms with Gasteiger partial charge in [0.25, 0.3) is 0 Å². The molecule has 2 unspecified atom stereocenters. The van der Waals surface area contributed by atoms with Gasteiger partial charge in [-0.15, -0.1) is 0 Å². The molecule has 0 rings (SSSR count). The molecule has 48 heavy (non-hydrogen) atoms. The molecule has 7 nitrogen and oxygen atoms in total. The summed E-state index contributed by atoms with van der Waals surface area (Å²) in [5.74, 6) is -1.44. The molecule has 0 radical (unpaired) electrons. The minimum absolute atomic E-state index is 0.169. The van der Waals surface area contributed by atoms with E-state index in [1.807, 2.05) is 6.08 Å². The molecule has 1 amide bonds. The second-order valence-electron chi connectivity index (χ2n) is 11.9. The highest BCUT2D eigenvalue weighted by atomic mass is 16.5. The number of ether oxygens (including phenoxy) is 1. The third-order valence-electron chi connectivity index (χ3n) is 7.41. The summed E-state index contributed by atoms with van der Waals surface area (Å²) in [6.07, 6.45) is 45.1. The van der Waals surface area contributed by atoms with Crippen LogP contribution in [-0.4, -0.2) is 41.6 Å². The summed E-state index contributed by atoms with van der Waals surface area (Å²) in [6, 6.07) is -0.882. The summed E-state index contributed by atoms with van der Waals surface area (Å²) in [5, 5.41) is 11.9. The van der Waals surface area contributed by atoms with Crippen molar-refractivity contribution in [3.63, 3.8) is 0 Å². The maximum atomic E-state index is 12.6. The van der Waals surface area contributed by atoms with Gasteiger partial charge in [0.2, 0.25) is 5.91 Å². The minimum Gasteiger partial charge on any atom is -0.480 e. The Hall–Kier alpha value is -3.45. The van der Waals surface area contributed by atoms with Gasteiger partial charge in [0.05, 0.1) is 0 Å². The molecule has 0 saturated carbocycles. The zero-order chi connectivity index (χ0) is 35.3. The van der Waals surface area contributed by atoms with Crippen LogP contribution in [0, 0.1) is 0 Å². The van der Waals surface area contributed by atoms with E-state index < -0.39 is 12.0 Å². The lowest BCUT2D eigenvalue weighted by Crippen LogP contribution is -2.40. The first-order chi connectivity index (χ1) is 23.4. The first-order valence-electron chi connectivity index (χ1n) is 18.4. The highest BCUT2D eigenvalue weighted by molar-refractivity contribution is 5.83. The molecule has 2 atom stereocenters. The monoisotopic (exact) mass is 666 g/mol. The van der Waals surface area contributed by atoms with E-state index in [-0.39, 0.29) is 18.0 Å². The van der Waals surface area contributed by atoms with Gasteiger partial charge in [-0.2, -0.15) is 0 Å². The molecule has 0 heterocycles. The smallest absolute Gasteiger partial charge is 0.326 e. The lowest BCUT2D eigenvalue weighted by molar-refractivity contribution is -0.147. The molecule has 0 aliphatic carbocycles. The number of esters is 1. The molecule has 0 spiro atoms. The molecule has 0 bridgehead atoms. The number of carbonyl (C=O) groups excluding carboxylic acids is 2. The molecule has 0 aliphatic heterocycles. The molecule has 270 valence electrons. The summed E-state index contributed by atoms with van der Waals surface area (Å²) in [6.45, 7) is 4.69. The molecule has 7 heteroatoms. The number of carboxylic acid groups (broad SMARTS) is 1. The molecule has 0 aromatic heterocycles. The van der Waals surface area contributed by atoms with Crippen LogP contribution in [0.3, 0.4) is 0 Å². The van der Waals surface area contributed by atoms with Crippen LogP contribution in [-0.2, 0) is 19.1 Å². The van der Waals surface area contributed by atoms with Crippen molar-refractivity contribution in [2.45, 2.75) is 148 Å². The Morgan fingerprint density at radius 1 is 0.646 bits per heavy atom. The molecular weight excluding hydrogens is 600 g/mol. The molecule has 0 aromatic rings. The van der Waals surface area contributed by atoms with E-state index in [9.17, 15) is 19.5 Å². The number of hydrogen-bond acceptors (Lipinski definition) is 5. The number of nitrogens with two attached hydrogens (primary N) is 1. The van der Waals surface area contributed by atoms with Crippen molar-refractivity contribution in [2.24, 2.45) is 5.73 Å². The number of carboxylic acids is 1. The molecule has 0 aromatic carbocycles. The first-order valence-corrected chi connectivity index (χ1v) is 18.4. The summed E-state index contributed by atoms with van der Waals surface area (Å²) in [5.41, 5.74) is 5.46. The van der Waals surface area contributed by atoms with Gasteiger partial charge in [0.1, 0.15) is 12.1 Å². The number of carbonyl (C=O) groups is 3. The highest BCUT2D eigenvalue weighted by Crippen LogP contribution is 2.13. The third-order valence-corrected chi connectivity index (χ3v) is 7.41. The number of nitrogens with one attached hydrogen (secondary N) is 1. The first kappa shape index (κ1) is 44.5. The van der Waals surface area contributed by atoms with E-state index in [1.54, 1.807) is 0 Å². The standard InChI is InChI=1S/C41H66N2O5/c1-3-5-7-9-11-12-13-14-15-16-17-18-19-20-21-23-29-35-40(45)48-37(31-26-22-10-8-6-4-2)32-27-24-25-28-34-39(44)43-38(41(46)47)33-30-36-42/h5,7-8,10-12,14-15,17-18,20-21,26,31,37-38H,3-4,6,9,13,16,19,22-25,27-30,32-36,42H2,1-2H3,(H,43,44)(H,46,47)/b7-5-,10-8-,12-11-,15-14-,18-17-,21-20-,31-26-. The molecular formula is C41H66N2O5. The van der Waals surface area contributed by atoms with Gasteiger partial charge in [0.15, 0.2) is 0 Å². The Morgan fingerprint density at radius 2 is 1.21 bits per heavy atom. The predicted molar refractivity (Wildman–Crippen MR) is 202 cm³/mol. The largest absolute Gasteiger partial charge is 0.480 e. The van der Waals surface area contributed by atoms with Crippen molar-refractivity contribution in [3.8, 4) is 0 Å². The lowest BCUT2D eigenvalue weighted by Gasteiger charge is -2.15. The highest BCUT2D eigenvalue weighted by Gasteiger charge is 2.18. The second-order valence-corrected chi connectivity index (χ2v) is 11.9. The Kier molecular flexibility index (Phi) is 32.4. The van der Waals surface area contributed by atoms with Crippen LogP contribution in [0.2, 0.25) is 0 Å². The molecule has 0 saturated heterocycles. The summed E-state index contributed by atoms with van der Waals surface area (Å²) < 4.78 is 5.82. The van der Waals surface area contributed by atoms with Crippen LogP contribution >= 0.6 is 0 Å². The molecule has 0 aliphatic rings. The van der Waals surface area contributed by atoms with Crippen molar-refractivity contribution in [3.05, 3.63) is 85.1 Å². The zero-order valence-electron chi connectivity index (χ0n) is 30.0. The Bertz CT molecular complexity index is 1020. The van der Waals surface area contributed by atoms with E-state index in [0.29, 0.717) is 38.6 Å². The van der Waals surface area contributed by atoms with Crippen LogP contribution < -0.4 is 11.1 Å². The van der Waals surface area contributed by atoms with Crippen LogP contribution in [0.5, 0.6) is 0 Å². The summed E-state index contributed by atoms with van der Waals surface area (Å²) in [4.78, 5) is 36.1. The maximum absolute atomic E-state index is 12.6. The van der Waals surface area contributed by atoms with Gasteiger partial charge in [-0.1, -0.05) is 112 Å². The van der Waals surface area contributed by atoms with Crippen molar-refractivity contribution >= 4 is 17.8 Å². The summed E-state index contributed by atoms with van der Waals surface area (Å²) in [7, 11) is 0. The van der Waals surface area contributed by atoms with Gasteiger partial charge in [-0.3, -0.25) is 9.59 Å². The van der Waals surface area contributed by atoms with Crippen molar-refractivity contribution in [1.29, 1.82) is 0 Å². The Morgan fingerprint density at radius 3 is 1.79 bits per heavy atom. The quantitative estimate of drug-likeness (QED) is 0.0385. The second kappa shape index (κ2) is 34.9. The van der Waals surface area contributed by atoms with E-state index in [0.717, 1.165) is 89.9 Å². The average Bonchev–Trinajstić information content (AvgIpc) is 3.07.